The van der Waals surface area contributed by atoms with Crippen LogP contribution in [0.3, 0.4) is 0 Å². The maximum atomic E-state index is 13.4. The molecule has 3 rings (SSSR count). The first kappa shape index (κ1) is 29.7. The summed E-state index contributed by atoms with van der Waals surface area (Å²) in [5.41, 5.74) is 7.37. The minimum absolute atomic E-state index is 0.0105. The normalized spacial score (nSPS) is 19.8. The molecule has 0 saturated carbocycles. The van der Waals surface area contributed by atoms with Crippen LogP contribution in [0.25, 0.3) is 0 Å². The number of hydrogen-bond donors (Lipinski definition) is 0. The first-order chi connectivity index (χ1) is 17.9. The van der Waals surface area contributed by atoms with Gasteiger partial charge in [0.2, 0.25) is 0 Å². The summed E-state index contributed by atoms with van der Waals surface area (Å²) in [6, 6.07) is 2.32. The topological polar surface area (TPSA) is 37.4 Å². The summed E-state index contributed by atoms with van der Waals surface area (Å²) in [4.78, 5) is 28.5. The third-order valence-electron chi connectivity index (χ3n) is 9.29. The van der Waals surface area contributed by atoms with Crippen LogP contribution in [0.4, 0.5) is 0 Å². The molecule has 1 aliphatic carbocycles. The second kappa shape index (κ2) is 12.8. The van der Waals surface area contributed by atoms with Crippen molar-refractivity contribution >= 4 is 11.8 Å². The fourth-order valence-corrected chi connectivity index (χ4v) is 8.58. The number of fused-ring (bicyclic) bond motifs is 1. The number of carbonyl (C=O) groups excluding carboxylic acids is 2. The molecular weight excluding hydrogens is 454 g/mol. The first-order valence-corrected chi connectivity index (χ1v) is 15.6. The van der Waals surface area contributed by atoms with Gasteiger partial charge < -0.3 is 0 Å². The lowest BCUT2D eigenvalue weighted by atomic mass is 9.54. The fourth-order valence-electron chi connectivity index (χ4n) is 8.58. The van der Waals surface area contributed by atoms with E-state index in [4.69, 9.17) is 0 Å². The second-order valence-corrected chi connectivity index (χ2v) is 11.7. The Kier molecular flexibility index (Phi) is 10.2. The van der Waals surface area contributed by atoms with Crippen molar-refractivity contribution in [3.8, 4) is 0 Å². The zero-order valence-corrected chi connectivity index (χ0v) is 25.0. The molecule has 0 bridgehead atoms. The summed E-state index contributed by atoms with van der Waals surface area (Å²) in [5.74, 6) is -0.235. The van der Waals surface area contributed by atoms with Crippen LogP contribution in [0.5, 0.6) is 0 Å². The molecular formula is C34H53NO2. The van der Waals surface area contributed by atoms with E-state index in [2.05, 4.69) is 54.5 Å². The van der Waals surface area contributed by atoms with E-state index < -0.39 is 0 Å². The van der Waals surface area contributed by atoms with Crippen LogP contribution in [0.15, 0.2) is 18.2 Å². The molecule has 0 unspecified atom stereocenters. The minimum Gasteiger partial charge on any atom is -0.269 e. The van der Waals surface area contributed by atoms with Crippen molar-refractivity contribution in [2.45, 2.75) is 150 Å². The van der Waals surface area contributed by atoms with Crippen molar-refractivity contribution in [3.63, 3.8) is 0 Å². The van der Waals surface area contributed by atoms with E-state index in [1.807, 2.05) is 0 Å². The van der Waals surface area contributed by atoms with Crippen LogP contribution in [-0.2, 0) is 34.3 Å². The maximum absolute atomic E-state index is 13.4. The Labute approximate surface area is 227 Å². The van der Waals surface area contributed by atoms with Gasteiger partial charge in [0.15, 0.2) is 0 Å². The number of hydrogen-bond acceptors (Lipinski definition) is 2. The molecule has 2 aliphatic rings. The predicted molar refractivity (Wildman–Crippen MR) is 156 cm³/mol. The number of benzene rings is 1. The molecule has 206 valence electrons. The summed E-state index contributed by atoms with van der Waals surface area (Å²) >= 11 is 0. The molecule has 0 saturated heterocycles. The van der Waals surface area contributed by atoms with Crippen molar-refractivity contribution in [2.24, 2.45) is 5.41 Å². The highest BCUT2D eigenvalue weighted by atomic mass is 16.2. The molecule has 1 aliphatic heterocycles. The van der Waals surface area contributed by atoms with Crippen LogP contribution in [0.1, 0.15) is 153 Å². The van der Waals surface area contributed by atoms with Gasteiger partial charge in [0.05, 0.1) is 6.04 Å². The maximum Gasteiger partial charge on any atom is 0.254 e. The zero-order valence-electron chi connectivity index (χ0n) is 25.0. The van der Waals surface area contributed by atoms with Crippen LogP contribution in [-0.4, -0.2) is 16.7 Å². The van der Waals surface area contributed by atoms with E-state index in [1.165, 1.54) is 23.3 Å². The van der Waals surface area contributed by atoms with Gasteiger partial charge in [-0.25, -0.2) is 0 Å². The van der Waals surface area contributed by atoms with Gasteiger partial charge in [-0.05, 0) is 72.8 Å². The molecule has 1 heterocycles. The van der Waals surface area contributed by atoms with Crippen molar-refractivity contribution in [2.75, 3.05) is 0 Å². The Bertz CT molecular complexity index is 958. The van der Waals surface area contributed by atoms with E-state index in [0.29, 0.717) is 0 Å². The van der Waals surface area contributed by atoms with E-state index in [9.17, 15) is 9.59 Å². The Morgan fingerprint density at radius 3 is 1.59 bits per heavy atom. The molecule has 0 aromatic heterocycles. The third kappa shape index (κ3) is 4.85. The van der Waals surface area contributed by atoms with Crippen LogP contribution < -0.4 is 0 Å². The van der Waals surface area contributed by atoms with E-state index in [1.54, 1.807) is 21.6 Å². The average molecular weight is 508 g/mol. The number of nitrogens with zero attached hydrogens (tertiary/aromatic N) is 1. The molecule has 0 N–H and O–H groups in total. The van der Waals surface area contributed by atoms with Gasteiger partial charge in [-0.15, -0.1) is 0 Å². The lowest BCUT2D eigenvalue weighted by Crippen LogP contribution is -2.50. The Hall–Kier alpha value is -1.90. The summed E-state index contributed by atoms with van der Waals surface area (Å²) < 4.78 is 0. The monoisotopic (exact) mass is 507 g/mol. The van der Waals surface area contributed by atoms with Crippen molar-refractivity contribution in [1.29, 1.82) is 0 Å². The molecule has 0 fully saturated rings. The number of rotatable bonds is 15. The highest BCUT2D eigenvalue weighted by molar-refractivity contribution is 6.13. The molecule has 37 heavy (non-hydrogen) atoms. The molecule has 1 atom stereocenters. The third-order valence-corrected chi connectivity index (χ3v) is 9.29. The van der Waals surface area contributed by atoms with E-state index in [-0.39, 0.29) is 28.7 Å². The van der Waals surface area contributed by atoms with Gasteiger partial charge >= 0.3 is 0 Å². The summed E-state index contributed by atoms with van der Waals surface area (Å²) in [6.07, 6.45) is 18.4. The lowest BCUT2D eigenvalue weighted by molar-refractivity contribution is -0.145. The van der Waals surface area contributed by atoms with Crippen LogP contribution in [0.2, 0.25) is 0 Å². The van der Waals surface area contributed by atoms with Crippen molar-refractivity contribution in [1.82, 2.24) is 4.90 Å². The van der Waals surface area contributed by atoms with Crippen LogP contribution >= 0.6 is 0 Å². The minimum atomic E-state index is -0.169. The fraction of sp³-hybridized carbons (Fsp3) is 0.706. The SMILES string of the molecule is CCCc1cc2c(c(CCC)c1CCC)C(CCC)(CCC)C(CCC)(CCC)[C@@H]2N1C(=O)C=CC1=O. The summed E-state index contributed by atoms with van der Waals surface area (Å²) in [6.45, 7) is 16.1. The average Bonchev–Trinajstić information content (AvgIpc) is 3.29. The molecule has 1 aromatic rings. The molecule has 3 nitrogen and oxygen atoms in total. The molecule has 3 heteroatoms. The number of imide groups is 1. The molecule has 0 radical (unpaired) electrons. The molecule has 2 amide bonds. The Morgan fingerprint density at radius 2 is 1.14 bits per heavy atom. The van der Waals surface area contributed by atoms with Gasteiger partial charge in [0.1, 0.15) is 0 Å². The zero-order chi connectivity index (χ0) is 27.2. The van der Waals surface area contributed by atoms with E-state index >= 15 is 0 Å². The van der Waals surface area contributed by atoms with Gasteiger partial charge in [0.25, 0.3) is 11.8 Å². The van der Waals surface area contributed by atoms with E-state index in [0.717, 1.165) is 89.9 Å². The van der Waals surface area contributed by atoms with Gasteiger partial charge in [-0.3, -0.25) is 14.5 Å². The number of amides is 2. The van der Waals surface area contributed by atoms with Crippen molar-refractivity contribution < 1.29 is 9.59 Å². The van der Waals surface area contributed by atoms with Gasteiger partial charge in [0, 0.05) is 23.0 Å². The summed E-state index contributed by atoms with van der Waals surface area (Å²) in [7, 11) is 0. The number of aryl methyl sites for hydroxylation is 1. The van der Waals surface area contributed by atoms with Gasteiger partial charge in [-0.1, -0.05) is 99.5 Å². The number of carbonyl (C=O) groups is 2. The predicted octanol–water partition coefficient (Wildman–Crippen LogP) is 8.95. The quantitative estimate of drug-likeness (QED) is 0.222. The molecule has 1 aromatic carbocycles. The first-order valence-electron chi connectivity index (χ1n) is 15.6. The summed E-state index contributed by atoms with van der Waals surface area (Å²) in [5, 5.41) is 0. The lowest BCUT2D eigenvalue weighted by Gasteiger charge is -2.52. The Balaban J connectivity index is 2.55. The van der Waals surface area contributed by atoms with Crippen LogP contribution in [0, 0.1) is 5.41 Å². The molecule has 0 spiro atoms. The smallest absolute Gasteiger partial charge is 0.254 e. The van der Waals surface area contributed by atoms with Gasteiger partial charge in [-0.2, -0.15) is 0 Å². The standard InChI is InChI=1S/C34H53NO2/c1-8-15-25-24-28-31(27(17-10-3)26(25)16-9-2)33(20-11-4,21-12-5)34(22-13-6,23-14-7)32(28)35-29(36)18-19-30(35)37/h18-19,24,32H,8-17,20-23H2,1-7H3/t32-/m1/s1. The highest BCUT2D eigenvalue weighted by Gasteiger charge is 2.64. The largest absolute Gasteiger partial charge is 0.269 e. The second-order valence-electron chi connectivity index (χ2n) is 11.7. The Morgan fingerprint density at radius 1 is 0.649 bits per heavy atom. The highest BCUT2D eigenvalue weighted by Crippen LogP contribution is 2.69. The van der Waals surface area contributed by atoms with Crippen molar-refractivity contribution in [3.05, 3.63) is 46.0 Å².